The van der Waals surface area contributed by atoms with Gasteiger partial charge in [-0.1, -0.05) is 0 Å². The number of anilines is 1. The van der Waals surface area contributed by atoms with Crippen molar-refractivity contribution in [3.63, 3.8) is 0 Å². The fraction of sp³-hybridized carbons (Fsp3) is 0.250. The van der Waals surface area contributed by atoms with Crippen LogP contribution in [0.2, 0.25) is 0 Å². The van der Waals surface area contributed by atoms with E-state index in [1.165, 1.54) is 13.8 Å². The van der Waals surface area contributed by atoms with Crippen LogP contribution in [-0.2, 0) is 10.0 Å². The molecule has 0 atom stereocenters. The van der Waals surface area contributed by atoms with Gasteiger partial charge in [-0.3, -0.25) is 0 Å². The van der Waals surface area contributed by atoms with Gasteiger partial charge in [0.2, 0.25) is 0 Å². The Morgan fingerprint density at radius 1 is 1.25 bits per heavy atom. The molecule has 8 heteroatoms. The summed E-state index contributed by atoms with van der Waals surface area (Å²) in [6.45, 7) is 3.00. The molecule has 1 heterocycles. The molecule has 0 aliphatic heterocycles. The Balaban J connectivity index is 2.52. The lowest BCUT2D eigenvalue weighted by atomic mass is 10.1. The molecule has 0 aliphatic rings. The van der Waals surface area contributed by atoms with E-state index in [0.29, 0.717) is 0 Å². The van der Waals surface area contributed by atoms with Crippen LogP contribution in [0.5, 0.6) is 0 Å². The minimum Gasteiger partial charge on any atom is -0.396 e. The van der Waals surface area contributed by atoms with Crippen LogP contribution in [0.15, 0.2) is 24.5 Å². The summed E-state index contributed by atoms with van der Waals surface area (Å²) in [5.41, 5.74) is 5.00. The maximum Gasteiger partial charge on any atom is 0.256 e. The number of nitrogen functional groups attached to an aromatic ring is 1. The minimum atomic E-state index is -3.63. The van der Waals surface area contributed by atoms with Crippen LogP contribution in [-0.4, -0.2) is 22.9 Å². The zero-order valence-electron chi connectivity index (χ0n) is 10.8. The number of halogens is 2. The van der Waals surface area contributed by atoms with Gasteiger partial charge in [0.05, 0.1) is 23.3 Å². The lowest BCUT2D eigenvalue weighted by Crippen LogP contribution is -2.22. The number of nitrogens with two attached hydrogens (primary N) is 1. The maximum absolute atomic E-state index is 13.7. The number of hydrogen-bond acceptors (Lipinski definition) is 4. The number of aromatic nitrogens is 2. The molecule has 2 aromatic rings. The summed E-state index contributed by atoms with van der Waals surface area (Å²) in [7, 11) is -3.63. The Morgan fingerprint density at radius 2 is 1.90 bits per heavy atom. The molecule has 0 saturated heterocycles. The third-order valence-corrected chi connectivity index (χ3v) is 4.73. The van der Waals surface area contributed by atoms with Crippen LogP contribution < -0.4 is 5.73 Å². The van der Waals surface area contributed by atoms with Gasteiger partial charge < -0.3 is 5.73 Å². The third-order valence-electron chi connectivity index (χ3n) is 2.81. The summed E-state index contributed by atoms with van der Waals surface area (Å²) in [4.78, 5) is 0. The first-order valence-corrected chi connectivity index (χ1v) is 7.27. The van der Waals surface area contributed by atoms with Gasteiger partial charge in [-0.25, -0.2) is 17.2 Å². The molecule has 5 nitrogen and oxygen atoms in total. The van der Waals surface area contributed by atoms with E-state index in [4.69, 9.17) is 5.73 Å². The molecule has 2 N–H and O–H groups in total. The second-order valence-corrected chi connectivity index (χ2v) is 6.90. The Kier molecular flexibility index (Phi) is 3.51. The van der Waals surface area contributed by atoms with Crippen molar-refractivity contribution in [3.8, 4) is 11.1 Å². The van der Waals surface area contributed by atoms with E-state index in [1.54, 1.807) is 0 Å². The van der Waals surface area contributed by atoms with E-state index in [9.17, 15) is 17.2 Å². The highest BCUT2D eigenvalue weighted by atomic mass is 32.2. The molecule has 2 rings (SSSR count). The molecular weight excluding hydrogens is 288 g/mol. The van der Waals surface area contributed by atoms with Gasteiger partial charge in [-0.2, -0.15) is 9.19 Å². The fourth-order valence-corrected chi connectivity index (χ4v) is 2.45. The Hall–Kier alpha value is -1.96. The predicted molar refractivity (Wildman–Crippen MR) is 71.4 cm³/mol. The molecule has 0 aliphatic carbocycles. The SMILES string of the molecule is CC(C)S(=O)(=O)n1cc(-c2cc(F)c(N)cc2F)cn1. The minimum absolute atomic E-state index is 0.0955. The van der Waals surface area contributed by atoms with Crippen molar-refractivity contribution in [2.24, 2.45) is 0 Å². The number of nitrogens with zero attached hydrogens (tertiary/aromatic N) is 2. The maximum atomic E-state index is 13.7. The fourth-order valence-electron chi connectivity index (χ4n) is 1.58. The summed E-state index contributed by atoms with van der Waals surface area (Å²) in [5, 5.41) is 3.01. The zero-order valence-corrected chi connectivity index (χ0v) is 11.7. The monoisotopic (exact) mass is 301 g/mol. The van der Waals surface area contributed by atoms with Crippen molar-refractivity contribution < 1.29 is 17.2 Å². The first kappa shape index (κ1) is 14.4. The normalized spacial score (nSPS) is 12.1. The van der Waals surface area contributed by atoms with Gasteiger partial charge in [0, 0.05) is 17.2 Å². The van der Waals surface area contributed by atoms with Gasteiger partial charge in [0.1, 0.15) is 11.6 Å². The van der Waals surface area contributed by atoms with Crippen LogP contribution >= 0.6 is 0 Å². The number of rotatable bonds is 3. The Bertz CT molecular complexity index is 754. The summed E-state index contributed by atoms with van der Waals surface area (Å²) in [5.74, 6) is -1.52. The van der Waals surface area contributed by atoms with Gasteiger partial charge in [0.25, 0.3) is 10.0 Å². The highest BCUT2D eigenvalue weighted by Crippen LogP contribution is 2.26. The van der Waals surface area contributed by atoms with Crippen molar-refractivity contribution in [1.82, 2.24) is 9.19 Å². The van der Waals surface area contributed by atoms with Crippen LogP contribution in [0, 0.1) is 11.6 Å². The standard InChI is InChI=1S/C12H13F2N3O2S/c1-7(2)20(18,19)17-6-8(5-16-17)9-3-11(14)12(15)4-10(9)13/h3-7H,15H2,1-2H3. The Morgan fingerprint density at radius 3 is 2.50 bits per heavy atom. The number of hydrogen-bond donors (Lipinski definition) is 1. The molecule has 0 spiro atoms. The molecule has 0 bridgehead atoms. The first-order valence-electron chi connectivity index (χ1n) is 5.77. The van der Waals surface area contributed by atoms with E-state index >= 15 is 0 Å². The smallest absolute Gasteiger partial charge is 0.256 e. The average Bonchev–Trinajstić information content (AvgIpc) is 2.83. The van der Waals surface area contributed by atoms with Crippen molar-refractivity contribution >= 4 is 15.7 Å². The van der Waals surface area contributed by atoms with E-state index in [2.05, 4.69) is 5.10 Å². The van der Waals surface area contributed by atoms with Crippen molar-refractivity contribution in [1.29, 1.82) is 0 Å². The van der Waals surface area contributed by atoms with E-state index in [0.717, 1.165) is 28.6 Å². The summed E-state index contributed by atoms with van der Waals surface area (Å²) in [6, 6.07) is 1.76. The van der Waals surface area contributed by atoms with Crippen LogP contribution in [0.4, 0.5) is 14.5 Å². The second-order valence-electron chi connectivity index (χ2n) is 4.55. The van der Waals surface area contributed by atoms with Crippen LogP contribution in [0.3, 0.4) is 0 Å². The predicted octanol–water partition coefficient (Wildman–Crippen LogP) is 2.00. The highest BCUT2D eigenvalue weighted by Gasteiger charge is 2.21. The van der Waals surface area contributed by atoms with E-state index < -0.39 is 26.9 Å². The molecule has 1 aromatic heterocycles. The first-order chi connectivity index (χ1) is 9.23. The van der Waals surface area contributed by atoms with Gasteiger partial charge in [-0.05, 0) is 19.9 Å². The molecule has 108 valence electrons. The third kappa shape index (κ3) is 2.38. The molecule has 0 unspecified atom stereocenters. The van der Waals surface area contributed by atoms with E-state index in [-0.39, 0.29) is 16.8 Å². The summed E-state index contributed by atoms with van der Waals surface area (Å²) < 4.78 is 51.7. The van der Waals surface area contributed by atoms with Crippen LogP contribution in [0.25, 0.3) is 11.1 Å². The van der Waals surface area contributed by atoms with Crippen LogP contribution in [0.1, 0.15) is 13.8 Å². The molecule has 0 fully saturated rings. The molecule has 0 saturated carbocycles. The van der Waals surface area contributed by atoms with Gasteiger partial charge >= 0.3 is 0 Å². The quantitative estimate of drug-likeness (QED) is 0.880. The largest absolute Gasteiger partial charge is 0.396 e. The Labute approximate surface area is 115 Å². The molecular formula is C12H13F2N3O2S. The highest BCUT2D eigenvalue weighted by molar-refractivity contribution is 7.90. The molecule has 20 heavy (non-hydrogen) atoms. The van der Waals surface area contributed by atoms with Crippen molar-refractivity contribution in [3.05, 3.63) is 36.2 Å². The topological polar surface area (TPSA) is 78.0 Å². The molecule has 0 radical (unpaired) electrons. The summed E-state index contributed by atoms with van der Waals surface area (Å²) >= 11 is 0. The zero-order chi connectivity index (χ0) is 15.1. The van der Waals surface area contributed by atoms with E-state index in [1.807, 2.05) is 0 Å². The van der Waals surface area contributed by atoms with Gasteiger partial charge in [-0.15, -0.1) is 0 Å². The number of benzene rings is 1. The molecule has 1 aromatic carbocycles. The second kappa shape index (κ2) is 4.86. The van der Waals surface area contributed by atoms with Crippen molar-refractivity contribution in [2.45, 2.75) is 19.1 Å². The average molecular weight is 301 g/mol. The van der Waals surface area contributed by atoms with Crippen molar-refractivity contribution in [2.75, 3.05) is 5.73 Å². The summed E-state index contributed by atoms with van der Waals surface area (Å²) in [6.07, 6.45) is 2.30. The van der Waals surface area contributed by atoms with Gasteiger partial charge in [0.15, 0.2) is 0 Å². The lowest BCUT2D eigenvalue weighted by molar-refractivity contribution is 0.571. The lowest BCUT2D eigenvalue weighted by Gasteiger charge is -2.06. The molecule has 0 amide bonds.